The number of pyridine rings is 1. The van der Waals surface area contributed by atoms with Crippen molar-refractivity contribution < 1.29 is 14.3 Å². The van der Waals surface area contributed by atoms with E-state index < -0.39 is 5.97 Å². The van der Waals surface area contributed by atoms with E-state index in [0.717, 1.165) is 0 Å². The average Bonchev–Trinajstić information content (AvgIpc) is 2.76. The van der Waals surface area contributed by atoms with Crippen LogP contribution in [0.3, 0.4) is 0 Å². The van der Waals surface area contributed by atoms with Gasteiger partial charge in [0.2, 0.25) is 5.91 Å². The Morgan fingerprint density at radius 1 is 1.67 bits per heavy atom. The highest BCUT2D eigenvalue weighted by atomic mass is 16.5. The molecular formula is C12H15N3O3. The molecule has 1 fully saturated rings. The second kappa shape index (κ2) is 5.48. The molecule has 0 aromatic carbocycles. The Kier molecular flexibility index (Phi) is 3.76. The fourth-order valence-electron chi connectivity index (χ4n) is 1.79. The quantitative estimate of drug-likeness (QED) is 0.762. The smallest absolute Gasteiger partial charge is 0.341 e. The maximum absolute atomic E-state index is 11.7. The lowest BCUT2D eigenvalue weighted by molar-refractivity contribution is -0.119. The highest BCUT2D eigenvalue weighted by molar-refractivity contribution is 5.94. The molecule has 1 aromatic heterocycles. The molecule has 6 heteroatoms. The molecular weight excluding hydrogens is 234 g/mol. The van der Waals surface area contributed by atoms with Crippen LogP contribution in [0.15, 0.2) is 18.3 Å². The Balaban J connectivity index is 2.12. The predicted molar refractivity (Wildman–Crippen MR) is 65.2 cm³/mol. The molecule has 1 saturated heterocycles. The second-order valence-corrected chi connectivity index (χ2v) is 3.97. The Hall–Kier alpha value is -2.11. The number of amides is 1. The van der Waals surface area contributed by atoms with Crippen molar-refractivity contribution in [3.8, 4) is 0 Å². The lowest BCUT2D eigenvalue weighted by Crippen LogP contribution is -2.24. The van der Waals surface area contributed by atoms with Crippen molar-refractivity contribution in [1.82, 2.24) is 10.3 Å². The lowest BCUT2D eigenvalue weighted by Gasteiger charge is -2.13. The summed E-state index contributed by atoms with van der Waals surface area (Å²) >= 11 is 0. The summed E-state index contributed by atoms with van der Waals surface area (Å²) < 4.78 is 4.95. The fourth-order valence-corrected chi connectivity index (χ4v) is 1.79. The van der Waals surface area contributed by atoms with E-state index in [9.17, 15) is 9.59 Å². The number of ether oxygens (including phenoxy) is 1. The van der Waals surface area contributed by atoms with E-state index >= 15 is 0 Å². The van der Waals surface area contributed by atoms with Gasteiger partial charge in [-0.1, -0.05) is 0 Å². The largest absolute Gasteiger partial charge is 0.462 e. The number of nitrogens with one attached hydrogen (secondary N) is 2. The van der Waals surface area contributed by atoms with Gasteiger partial charge in [-0.15, -0.1) is 0 Å². The van der Waals surface area contributed by atoms with Gasteiger partial charge in [0.25, 0.3) is 0 Å². The molecule has 0 aliphatic carbocycles. The van der Waals surface area contributed by atoms with E-state index in [1.54, 1.807) is 25.3 Å². The third kappa shape index (κ3) is 2.77. The van der Waals surface area contributed by atoms with E-state index in [-0.39, 0.29) is 11.9 Å². The summed E-state index contributed by atoms with van der Waals surface area (Å²) in [4.78, 5) is 26.9. The highest BCUT2D eigenvalue weighted by Crippen LogP contribution is 2.16. The van der Waals surface area contributed by atoms with Crippen LogP contribution < -0.4 is 10.6 Å². The first kappa shape index (κ1) is 12.3. The molecule has 0 radical (unpaired) electrons. The van der Waals surface area contributed by atoms with Crippen LogP contribution in [0.5, 0.6) is 0 Å². The maximum Gasteiger partial charge on any atom is 0.341 e. The Bertz CT molecular complexity index is 462. The molecule has 2 heterocycles. The van der Waals surface area contributed by atoms with Gasteiger partial charge in [0, 0.05) is 19.2 Å². The van der Waals surface area contributed by atoms with Gasteiger partial charge in [-0.2, -0.15) is 0 Å². The van der Waals surface area contributed by atoms with Crippen molar-refractivity contribution in [2.24, 2.45) is 0 Å². The number of esters is 1. The summed E-state index contributed by atoms with van der Waals surface area (Å²) in [5, 5.41) is 5.80. The van der Waals surface area contributed by atoms with Crippen molar-refractivity contribution in [3.05, 3.63) is 23.9 Å². The summed E-state index contributed by atoms with van der Waals surface area (Å²) in [6.07, 6.45) is 1.98. The average molecular weight is 249 g/mol. The van der Waals surface area contributed by atoms with Gasteiger partial charge in [0.05, 0.1) is 12.6 Å². The first-order valence-electron chi connectivity index (χ1n) is 5.86. The molecule has 96 valence electrons. The standard InChI is InChI=1S/C12H15N3O3/c1-2-18-12(17)9-4-3-5-13-11(9)15-8-6-10(16)14-7-8/h3-5,8H,2,6-7H2,1H3,(H,13,15)(H,14,16). The molecule has 1 atom stereocenters. The topological polar surface area (TPSA) is 80.3 Å². The van der Waals surface area contributed by atoms with Crippen LogP contribution in [-0.4, -0.2) is 36.1 Å². The zero-order valence-corrected chi connectivity index (χ0v) is 10.1. The van der Waals surface area contributed by atoms with E-state index in [1.807, 2.05) is 0 Å². The van der Waals surface area contributed by atoms with Crippen molar-refractivity contribution in [2.75, 3.05) is 18.5 Å². The highest BCUT2D eigenvalue weighted by Gasteiger charge is 2.23. The summed E-state index contributed by atoms with van der Waals surface area (Å²) in [6, 6.07) is 3.29. The number of nitrogens with zero attached hydrogens (tertiary/aromatic N) is 1. The third-order valence-electron chi connectivity index (χ3n) is 2.62. The van der Waals surface area contributed by atoms with Crippen LogP contribution in [0.2, 0.25) is 0 Å². The van der Waals surface area contributed by atoms with E-state index in [1.165, 1.54) is 0 Å². The van der Waals surface area contributed by atoms with Crippen molar-refractivity contribution in [1.29, 1.82) is 0 Å². The third-order valence-corrected chi connectivity index (χ3v) is 2.62. The second-order valence-electron chi connectivity index (χ2n) is 3.97. The molecule has 6 nitrogen and oxygen atoms in total. The first-order chi connectivity index (χ1) is 8.70. The van der Waals surface area contributed by atoms with Crippen LogP contribution in [0.25, 0.3) is 0 Å². The summed E-state index contributed by atoms with van der Waals surface area (Å²) in [5.74, 6) is 0.0453. The molecule has 0 spiro atoms. The molecule has 2 rings (SSSR count). The maximum atomic E-state index is 11.7. The van der Waals surface area contributed by atoms with Gasteiger partial charge in [0.1, 0.15) is 11.4 Å². The number of anilines is 1. The summed E-state index contributed by atoms with van der Waals surface area (Å²) in [6.45, 7) is 2.61. The minimum absolute atomic E-state index is 0.00103. The number of rotatable bonds is 4. The predicted octanol–water partition coefficient (Wildman–Crippen LogP) is 0.559. The Labute approximate surface area is 105 Å². The first-order valence-corrected chi connectivity index (χ1v) is 5.86. The molecule has 0 bridgehead atoms. The monoisotopic (exact) mass is 249 g/mol. The molecule has 18 heavy (non-hydrogen) atoms. The molecule has 2 N–H and O–H groups in total. The normalized spacial score (nSPS) is 18.3. The molecule has 1 unspecified atom stereocenters. The molecule has 1 aromatic rings. The van der Waals surface area contributed by atoms with Crippen LogP contribution in [-0.2, 0) is 9.53 Å². The van der Waals surface area contributed by atoms with Crippen molar-refractivity contribution >= 4 is 17.7 Å². The van der Waals surface area contributed by atoms with Gasteiger partial charge in [-0.05, 0) is 19.1 Å². The molecule has 0 saturated carbocycles. The van der Waals surface area contributed by atoms with Crippen LogP contribution in [0.4, 0.5) is 5.82 Å². The summed E-state index contributed by atoms with van der Waals surface area (Å²) in [5.41, 5.74) is 0.388. The van der Waals surface area contributed by atoms with Gasteiger partial charge >= 0.3 is 5.97 Å². The van der Waals surface area contributed by atoms with Crippen LogP contribution in [0, 0.1) is 0 Å². The lowest BCUT2D eigenvalue weighted by atomic mass is 10.2. The number of hydrogen-bond donors (Lipinski definition) is 2. The van der Waals surface area contributed by atoms with Crippen LogP contribution in [0.1, 0.15) is 23.7 Å². The van der Waals surface area contributed by atoms with Gasteiger partial charge in [-0.3, -0.25) is 4.79 Å². The van der Waals surface area contributed by atoms with E-state index in [4.69, 9.17) is 4.74 Å². The van der Waals surface area contributed by atoms with Crippen LogP contribution >= 0.6 is 0 Å². The van der Waals surface area contributed by atoms with Gasteiger partial charge < -0.3 is 15.4 Å². The summed E-state index contributed by atoms with van der Waals surface area (Å²) in [7, 11) is 0. The minimum atomic E-state index is -0.412. The number of aromatic nitrogens is 1. The van der Waals surface area contributed by atoms with Crippen molar-refractivity contribution in [3.63, 3.8) is 0 Å². The van der Waals surface area contributed by atoms with Gasteiger partial charge in [0.15, 0.2) is 0 Å². The Morgan fingerprint density at radius 3 is 3.17 bits per heavy atom. The fraction of sp³-hybridized carbons (Fsp3) is 0.417. The SMILES string of the molecule is CCOC(=O)c1cccnc1NC1CNC(=O)C1. The zero-order chi connectivity index (χ0) is 13.0. The van der Waals surface area contributed by atoms with E-state index in [2.05, 4.69) is 15.6 Å². The number of carbonyl (C=O) groups excluding carboxylic acids is 2. The van der Waals surface area contributed by atoms with Crippen molar-refractivity contribution in [2.45, 2.75) is 19.4 Å². The molecule has 1 aliphatic heterocycles. The molecule has 1 aliphatic rings. The minimum Gasteiger partial charge on any atom is -0.462 e. The Morgan fingerprint density at radius 2 is 2.50 bits per heavy atom. The number of carbonyl (C=O) groups is 2. The number of hydrogen-bond acceptors (Lipinski definition) is 5. The molecule has 1 amide bonds. The van der Waals surface area contributed by atoms with E-state index in [0.29, 0.717) is 31.0 Å². The zero-order valence-electron chi connectivity index (χ0n) is 10.1. The van der Waals surface area contributed by atoms with Gasteiger partial charge in [-0.25, -0.2) is 9.78 Å².